The third kappa shape index (κ3) is 3.29. The van der Waals surface area contributed by atoms with Crippen molar-refractivity contribution in [3.8, 4) is 0 Å². The predicted octanol–water partition coefficient (Wildman–Crippen LogP) is 2.38. The molecule has 2 aliphatic rings. The van der Waals surface area contributed by atoms with Crippen LogP contribution in [0.25, 0.3) is 0 Å². The summed E-state index contributed by atoms with van der Waals surface area (Å²) in [6.07, 6.45) is 4.30. The van der Waals surface area contributed by atoms with Crippen molar-refractivity contribution >= 4 is 17.7 Å². The first-order valence-corrected chi connectivity index (χ1v) is 8.91. The number of carbonyl (C=O) groups excluding carboxylic acids is 1. The fourth-order valence-corrected chi connectivity index (χ4v) is 4.81. The number of rotatable bonds is 2. The molecule has 0 saturated carbocycles. The second-order valence-corrected chi connectivity index (χ2v) is 8.13. The van der Waals surface area contributed by atoms with Crippen molar-refractivity contribution in [2.24, 2.45) is 0 Å². The lowest BCUT2D eigenvalue weighted by Crippen LogP contribution is -2.45. The highest BCUT2D eigenvalue weighted by molar-refractivity contribution is 8.00. The van der Waals surface area contributed by atoms with Crippen molar-refractivity contribution in [3.05, 3.63) is 24.0 Å². The molecule has 5 heteroatoms. The Morgan fingerprint density at radius 3 is 2.57 bits per heavy atom. The lowest BCUT2D eigenvalue weighted by molar-refractivity contribution is 0.0738. The number of aromatic nitrogens is 1. The van der Waals surface area contributed by atoms with Gasteiger partial charge in [0.1, 0.15) is 5.69 Å². The predicted molar refractivity (Wildman–Crippen MR) is 88.0 cm³/mol. The van der Waals surface area contributed by atoms with Gasteiger partial charge in [0.15, 0.2) is 0 Å². The molecular weight excluding hydrogens is 282 g/mol. The summed E-state index contributed by atoms with van der Waals surface area (Å²) in [4.78, 5) is 14.9. The van der Waals surface area contributed by atoms with E-state index in [4.69, 9.17) is 0 Å². The van der Waals surface area contributed by atoms with Crippen LogP contribution in [-0.4, -0.2) is 52.1 Å². The van der Waals surface area contributed by atoms with Crippen LogP contribution in [0.5, 0.6) is 0 Å². The Morgan fingerprint density at radius 1 is 1.24 bits per heavy atom. The van der Waals surface area contributed by atoms with Crippen molar-refractivity contribution < 1.29 is 4.79 Å². The minimum atomic E-state index is 0.206. The van der Waals surface area contributed by atoms with Gasteiger partial charge < -0.3 is 14.8 Å². The van der Waals surface area contributed by atoms with E-state index < -0.39 is 0 Å². The van der Waals surface area contributed by atoms with E-state index in [1.54, 1.807) is 0 Å². The maximum atomic E-state index is 12.9. The maximum absolute atomic E-state index is 12.9. The van der Waals surface area contributed by atoms with Gasteiger partial charge >= 0.3 is 0 Å². The van der Waals surface area contributed by atoms with E-state index in [0.717, 1.165) is 44.7 Å². The van der Waals surface area contributed by atoms with Crippen molar-refractivity contribution in [1.29, 1.82) is 0 Å². The molecule has 1 N–H and O–H groups in total. The van der Waals surface area contributed by atoms with Gasteiger partial charge in [-0.15, -0.1) is 0 Å². The zero-order valence-corrected chi connectivity index (χ0v) is 13.7. The van der Waals surface area contributed by atoms with E-state index in [9.17, 15) is 4.79 Å². The topological polar surface area (TPSA) is 37.3 Å². The average molecular weight is 307 g/mol. The number of amides is 1. The lowest BCUT2D eigenvalue weighted by Gasteiger charge is -2.35. The largest absolute Gasteiger partial charge is 0.340 e. The van der Waals surface area contributed by atoms with Crippen LogP contribution in [0.3, 0.4) is 0 Å². The summed E-state index contributed by atoms with van der Waals surface area (Å²) in [5, 5.41) is 4.44. The molecule has 2 atom stereocenters. The summed E-state index contributed by atoms with van der Waals surface area (Å²) in [5.74, 6) is 0.206. The Hall–Kier alpha value is -0.940. The first-order chi connectivity index (χ1) is 10.1. The monoisotopic (exact) mass is 307 g/mol. The van der Waals surface area contributed by atoms with E-state index in [1.165, 1.54) is 0 Å². The molecule has 3 rings (SSSR count). The molecule has 0 radical (unpaired) electrons. The van der Waals surface area contributed by atoms with E-state index in [1.807, 2.05) is 28.8 Å². The number of carbonyl (C=O) groups is 1. The van der Waals surface area contributed by atoms with Crippen LogP contribution in [0.1, 0.15) is 43.2 Å². The van der Waals surface area contributed by atoms with Crippen molar-refractivity contribution in [2.45, 2.75) is 43.2 Å². The maximum Gasteiger partial charge on any atom is 0.270 e. The van der Waals surface area contributed by atoms with E-state index in [-0.39, 0.29) is 5.91 Å². The minimum Gasteiger partial charge on any atom is -0.340 e. The SMILES string of the molecule is CC1CN(C(=O)c2cccn2C2CCNCC2)CC(C)S1. The van der Waals surface area contributed by atoms with Gasteiger partial charge in [0.05, 0.1) is 0 Å². The summed E-state index contributed by atoms with van der Waals surface area (Å²) in [5.41, 5.74) is 0.869. The molecule has 116 valence electrons. The number of nitrogens with one attached hydrogen (secondary N) is 1. The molecule has 0 spiro atoms. The fourth-order valence-electron chi connectivity index (χ4n) is 3.48. The third-order valence-corrected chi connectivity index (χ3v) is 5.63. The average Bonchev–Trinajstić information content (AvgIpc) is 2.95. The van der Waals surface area contributed by atoms with E-state index >= 15 is 0 Å². The van der Waals surface area contributed by atoms with Crippen molar-refractivity contribution in [2.75, 3.05) is 26.2 Å². The van der Waals surface area contributed by atoms with Crippen molar-refractivity contribution in [3.63, 3.8) is 0 Å². The highest BCUT2D eigenvalue weighted by Gasteiger charge is 2.29. The van der Waals surface area contributed by atoms with Crippen LogP contribution in [0, 0.1) is 0 Å². The van der Waals surface area contributed by atoms with Gasteiger partial charge in [-0.2, -0.15) is 11.8 Å². The molecule has 2 saturated heterocycles. The summed E-state index contributed by atoms with van der Waals surface area (Å²) < 4.78 is 2.21. The van der Waals surface area contributed by atoms with Gasteiger partial charge in [0, 0.05) is 35.8 Å². The smallest absolute Gasteiger partial charge is 0.270 e. The van der Waals surface area contributed by atoms with Gasteiger partial charge in [-0.25, -0.2) is 0 Å². The van der Waals surface area contributed by atoms with Crippen LogP contribution >= 0.6 is 11.8 Å². The normalized spacial score (nSPS) is 27.8. The Bertz CT molecular complexity index is 485. The number of thioether (sulfide) groups is 1. The van der Waals surface area contributed by atoms with Crippen LogP contribution in [0.15, 0.2) is 18.3 Å². The lowest BCUT2D eigenvalue weighted by atomic mass is 10.1. The zero-order chi connectivity index (χ0) is 14.8. The van der Waals surface area contributed by atoms with Crippen molar-refractivity contribution in [1.82, 2.24) is 14.8 Å². The minimum absolute atomic E-state index is 0.206. The molecule has 2 fully saturated rings. The number of piperidine rings is 1. The van der Waals surface area contributed by atoms with Crippen LogP contribution in [-0.2, 0) is 0 Å². The molecule has 2 aliphatic heterocycles. The quantitative estimate of drug-likeness (QED) is 0.911. The van der Waals surface area contributed by atoms with Gasteiger partial charge in [0.25, 0.3) is 5.91 Å². The summed E-state index contributed by atoms with van der Waals surface area (Å²) in [6.45, 7) is 8.26. The highest BCUT2D eigenvalue weighted by Crippen LogP contribution is 2.27. The summed E-state index contributed by atoms with van der Waals surface area (Å²) >= 11 is 1.98. The first-order valence-electron chi connectivity index (χ1n) is 7.97. The highest BCUT2D eigenvalue weighted by atomic mass is 32.2. The van der Waals surface area contributed by atoms with Gasteiger partial charge in [-0.3, -0.25) is 4.79 Å². The van der Waals surface area contributed by atoms with Gasteiger partial charge in [-0.1, -0.05) is 13.8 Å². The Kier molecular flexibility index (Phi) is 4.60. The second-order valence-electron chi connectivity index (χ2n) is 6.25. The summed E-state index contributed by atoms with van der Waals surface area (Å²) in [7, 11) is 0. The molecule has 0 aliphatic carbocycles. The molecule has 4 nitrogen and oxygen atoms in total. The molecule has 1 amide bonds. The Balaban J connectivity index is 1.77. The van der Waals surface area contributed by atoms with Crippen LogP contribution in [0.4, 0.5) is 0 Å². The Labute approximate surface area is 131 Å². The van der Waals surface area contributed by atoms with Crippen LogP contribution < -0.4 is 5.32 Å². The molecular formula is C16H25N3OS. The summed E-state index contributed by atoms with van der Waals surface area (Å²) in [6, 6.07) is 4.47. The molecule has 21 heavy (non-hydrogen) atoms. The molecule has 2 unspecified atom stereocenters. The molecule has 1 aromatic rings. The van der Waals surface area contributed by atoms with Gasteiger partial charge in [0.2, 0.25) is 0 Å². The van der Waals surface area contributed by atoms with E-state index in [2.05, 4.69) is 29.9 Å². The first kappa shape index (κ1) is 15.0. The fraction of sp³-hybridized carbons (Fsp3) is 0.688. The molecule has 0 aromatic carbocycles. The van der Waals surface area contributed by atoms with E-state index in [0.29, 0.717) is 16.5 Å². The standard InChI is InChI=1S/C16H25N3OS/c1-12-10-18(11-13(2)21-12)16(20)15-4-3-9-19(15)14-5-7-17-8-6-14/h3-4,9,12-14,17H,5-8,10-11H2,1-2H3. The van der Waals surface area contributed by atoms with Gasteiger partial charge in [-0.05, 0) is 38.1 Å². The molecule has 3 heterocycles. The third-order valence-electron chi connectivity index (χ3n) is 4.41. The van der Waals surface area contributed by atoms with Crippen LogP contribution in [0.2, 0.25) is 0 Å². The molecule has 0 bridgehead atoms. The number of hydrogen-bond donors (Lipinski definition) is 1. The number of hydrogen-bond acceptors (Lipinski definition) is 3. The number of nitrogens with zero attached hydrogens (tertiary/aromatic N) is 2. The molecule has 1 aromatic heterocycles. The Morgan fingerprint density at radius 2 is 1.90 bits per heavy atom. The second kappa shape index (κ2) is 6.44. The zero-order valence-electron chi connectivity index (χ0n) is 12.9.